The number of ether oxygens (including phenoxy) is 1. The van der Waals surface area contributed by atoms with Crippen molar-refractivity contribution in [2.24, 2.45) is 0 Å². The molecule has 2 aliphatic heterocycles. The Balaban J connectivity index is 1.71. The number of urea groups is 1. The summed E-state index contributed by atoms with van der Waals surface area (Å²) in [7, 11) is 1.29. The number of anilines is 1. The topological polar surface area (TPSA) is 103 Å². The first kappa shape index (κ1) is 16.2. The van der Waals surface area contributed by atoms with E-state index >= 15 is 0 Å². The molecule has 0 saturated carbocycles. The molecule has 2 fully saturated rings. The molecular weight excluding hydrogens is 336 g/mol. The lowest BCUT2D eigenvalue weighted by molar-refractivity contribution is -0.134. The standard InChI is InChI=1S/C14H16N4O5S/c1-23-11(19)3-2-9-8-24-12(15-9)18-7-10-6-16(14(21)22)4-5-17(10)13(18)20/h2-3,8,10H,4-7H2,1H3,(H,21,22). The van der Waals surface area contributed by atoms with E-state index in [0.717, 1.165) is 0 Å². The number of thiazole rings is 1. The van der Waals surface area contributed by atoms with Gasteiger partial charge in [-0.3, -0.25) is 4.90 Å². The van der Waals surface area contributed by atoms with Gasteiger partial charge in [-0.15, -0.1) is 11.3 Å². The molecule has 9 nitrogen and oxygen atoms in total. The predicted molar refractivity (Wildman–Crippen MR) is 86.0 cm³/mol. The first-order chi connectivity index (χ1) is 11.5. The Morgan fingerprint density at radius 3 is 2.92 bits per heavy atom. The molecule has 24 heavy (non-hydrogen) atoms. The van der Waals surface area contributed by atoms with Gasteiger partial charge in [-0.25, -0.2) is 19.4 Å². The van der Waals surface area contributed by atoms with Gasteiger partial charge in [-0.2, -0.15) is 0 Å². The second-order valence-corrected chi connectivity index (χ2v) is 6.22. The Hall–Kier alpha value is -2.62. The molecule has 1 unspecified atom stereocenters. The molecule has 1 N–H and O–H groups in total. The normalized spacial score (nSPS) is 20.6. The highest BCUT2D eigenvalue weighted by molar-refractivity contribution is 7.14. The van der Waals surface area contributed by atoms with E-state index in [9.17, 15) is 14.4 Å². The fourth-order valence-corrected chi connectivity index (χ4v) is 3.53. The SMILES string of the molecule is COC(=O)C=Cc1csc(N2CC3CN(C(=O)O)CCN3C2=O)n1. The zero-order valence-corrected chi connectivity index (χ0v) is 13.7. The van der Waals surface area contributed by atoms with Crippen LogP contribution in [0.15, 0.2) is 11.5 Å². The van der Waals surface area contributed by atoms with Crippen molar-refractivity contribution in [1.82, 2.24) is 14.8 Å². The summed E-state index contributed by atoms with van der Waals surface area (Å²) in [6.07, 6.45) is 1.81. The van der Waals surface area contributed by atoms with Crippen LogP contribution in [0.5, 0.6) is 0 Å². The fraction of sp³-hybridized carbons (Fsp3) is 0.429. The van der Waals surface area contributed by atoms with Crippen LogP contribution in [-0.4, -0.2) is 77.3 Å². The lowest BCUT2D eigenvalue weighted by Gasteiger charge is -2.34. The quantitative estimate of drug-likeness (QED) is 0.641. The molecule has 0 spiro atoms. The molecule has 0 radical (unpaired) electrons. The van der Waals surface area contributed by atoms with E-state index in [4.69, 9.17) is 5.11 Å². The number of carbonyl (C=O) groups is 3. The highest BCUT2D eigenvalue weighted by Gasteiger charge is 2.43. The highest BCUT2D eigenvalue weighted by Crippen LogP contribution is 2.29. The second kappa shape index (κ2) is 6.48. The zero-order chi connectivity index (χ0) is 17.3. The Morgan fingerprint density at radius 1 is 1.42 bits per heavy atom. The summed E-state index contributed by atoms with van der Waals surface area (Å²) in [5.41, 5.74) is 0.560. The minimum absolute atomic E-state index is 0.164. The molecule has 1 aromatic rings. The number of hydrogen-bond donors (Lipinski definition) is 1. The molecule has 2 saturated heterocycles. The van der Waals surface area contributed by atoms with Crippen molar-refractivity contribution in [2.75, 3.05) is 38.2 Å². The van der Waals surface area contributed by atoms with Crippen molar-refractivity contribution < 1.29 is 24.2 Å². The van der Waals surface area contributed by atoms with Crippen LogP contribution in [-0.2, 0) is 9.53 Å². The van der Waals surface area contributed by atoms with Crippen molar-refractivity contribution in [3.05, 3.63) is 17.2 Å². The van der Waals surface area contributed by atoms with Crippen molar-refractivity contribution in [3.8, 4) is 0 Å². The number of esters is 1. The average Bonchev–Trinajstić information content (AvgIpc) is 3.17. The molecule has 128 valence electrons. The maximum absolute atomic E-state index is 12.5. The summed E-state index contributed by atoms with van der Waals surface area (Å²) >= 11 is 1.30. The van der Waals surface area contributed by atoms with Gasteiger partial charge in [0.25, 0.3) is 0 Å². The van der Waals surface area contributed by atoms with E-state index in [2.05, 4.69) is 9.72 Å². The van der Waals surface area contributed by atoms with E-state index < -0.39 is 12.1 Å². The van der Waals surface area contributed by atoms with Gasteiger partial charge in [0.15, 0.2) is 5.13 Å². The van der Waals surface area contributed by atoms with Gasteiger partial charge in [0, 0.05) is 31.1 Å². The number of amides is 3. The largest absolute Gasteiger partial charge is 0.466 e. The number of fused-ring (bicyclic) bond motifs is 1. The van der Waals surface area contributed by atoms with Crippen LogP contribution in [0.3, 0.4) is 0 Å². The van der Waals surface area contributed by atoms with Crippen molar-refractivity contribution >= 4 is 40.6 Å². The Kier molecular flexibility index (Phi) is 4.38. The lowest BCUT2D eigenvalue weighted by atomic mass is 10.2. The number of rotatable bonds is 3. The van der Waals surface area contributed by atoms with Crippen molar-refractivity contribution in [3.63, 3.8) is 0 Å². The molecule has 1 atom stereocenters. The van der Waals surface area contributed by atoms with Gasteiger partial charge in [0.2, 0.25) is 0 Å². The number of carbonyl (C=O) groups excluding carboxylic acids is 2. The van der Waals surface area contributed by atoms with Gasteiger partial charge in [-0.1, -0.05) is 0 Å². The third kappa shape index (κ3) is 3.04. The van der Waals surface area contributed by atoms with Crippen LogP contribution in [0.25, 0.3) is 6.08 Å². The third-order valence-electron chi connectivity index (χ3n) is 3.96. The van der Waals surface area contributed by atoms with E-state index in [-0.39, 0.29) is 12.1 Å². The predicted octanol–water partition coefficient (Wildman–Crippen LogP) is 0.934. The number of methoxy groups -OCH3 is 1. The third-order valence-corrected chi connectivity index (χ3v) is 4.84. The Morgan fingerprint density at radius 2 is 2.21 bits per heavy atom. The summed E-state index contributed by atoms with van der Waals surface area (Å²) in [5, 5.41) is 11.4. The van der Waals surface area contributed by atoms with E-state index in [1.807, 2.05) is 0 Å². The highest BCUT2D eigenvalue weighted by atomic mass is 32.1. The van der Waals surface area contributed by atoms with E-state index in [0.29, 0.717) is 37.0 Å². The van der Waals surface area contributed by atoms with Gasteiger partial charge >= 0.3 is 18.1 Å². The number of hydrogen-bond acceptors (Lipinski definition) is 6. The first-order valence-corrected chi connectivity index (χ1v) is 8.15. The second-order valence-electron chi connectivity index (χ2n) is 5.38. The van der Waals surface area contributed by atoms with Crippen LogP contribution in [0.4, 0.5) is 14.7 Å². The maximum atomic E-state index is 12.5. The maximum Gasteiger partial charge on any atom is 0.407 e. The molecule has 3 heterocycles. The van der Waals surface area contributed by atoms with Gasteiger partial charge in [0.1, 0.15) is 0 Å². The van der Waals surface area contributed by atoms with E-state index in [1.54, 1.807) is 15.2 Å². The molecule has 0 bridgehead atoms. The molecule has 2 aliphatic rings. The first-order valence-electron chi connectivity index (χ1n) is 7.27. The van der Waals surface area contributed by atoms with Crippen molar-refractivity contribution in [1.29, 1.82) is 0 Å². The van der Waals surface area contributed by atoms with Gasteiger partial charge in [-0.05, 0) is 6.08 Å². The Labute approximate surface area is 141 Å². The molecular formula is C14H16N4O5S. The number of piperazine rings is 1. The van der Waals surface area contributed by atoms with Crippen LogP contribution in [0.2, 0.25) is 0 Å². The zero-order valence-electron chi connectivity index (χ0n) is 12.9. The summed E-state index contributed by atoms with van der Waals surface area (Å²) in [5.74, 6) is -0.479. The van der Waals surface area contributed by atoms with Crippen LogP contribution in [0, 0.1) is 0 Å². The molecule has 3 amide bonds. The smallest absolute Gasteiger partial charge is 0.407 e. The summed E-state index contributed by atoms with van der Waals surface area (Å²) < 4.78 is 4.52. The minimum atomic E-state index is -0.968. The summed E-state index contributed by atoms with van der Waals surface area (Å²) in [4.78, 5) is 43.6. The van der Waals surface area contributed by atoms with Crippen LogP contribution >= 0.6 is 11.3 Å². The van der Waals surface area contributed by atoms with Gasteiger partial charge in [0.05, 0.1) is 25.4 Å². The summed E-state index contributed by atoms with van der Waals surface area (Å²) in [6, 6.07) is -0.330. The molecule has 0 aromatic carbocycles. The molecule has 10 heteroatoms. The molecule has 1 aromatic heterocycles. The van der Waals surface area contributed by atoms with E-state index in [1.165, 1.54) is 35.5 Å². The molecule has 0 aliphatic carbocycles. The monoisotopic (exact) mass is 352 g/mol. The van der Waals surface area contributed by atoms with Crippen LogP contribution < -0.4 is 4.90 Å². The Bertz CT molecular complexity index is 703. The summed E-state index contributed by atoms with van der Waals surface area (Å²) in [6.45, 7) is 1.40. The number of nitrogens with zero attached hydrogens (tertiary/aromatic N) is 4. The fourth-order valence-electron chi connectivity index (χ4n) is 2.74. The number of aromatic nitrogens is 1. The van der Waals surface area contributed by atoms with Crippen LogP contribution in [0.1, 0.15) is 5.69 Å². The minimum Gasteiger partial charge on any atom is -0.466 e. The van der Waals surface area contributed by atoms with Crippen molar-refractivity contribution in [2.45, 2.75) is 6.04 Å². The lowest BCUT2D eigenvalue weighted by Crippen LogP contribution is -2.53. The number of carboxylic acid groups (broad SMARTS) is 1. The van der Waals surface area contributed by atoms with Gasteiger partial charge < -0.3 is 19.6 Å². The average molecular weight is 352 g/mol. The molecule has 3 rings (SSSR count).